The molecule has 0 unspecified atom stereocenters. The molecule has 1 aromatic heterocycles. The molecule has 3 rings (SSSR count). The molecule has 0 radical (unpaired) electrons. The van der Waals surface area contributed by atoms with E-state index in [1.165, 1.54) is 6.33 Å². The maximum Gasteiger partial charge on any atom is 0.338 e. The van der Waals surface area contributed by atoms with Crippen molar-refractivity contribution in [1.82, 2.24) is 9.55 Å². The monoisotopic (exact) mass is 322 g/mol. The normalized spacial score (nSPS) is 11.0. The Bertz CT molecular complexity index is 930. The molecule has 0 fully saturated rings. The van der Waals surface area contributed by atoms with Crippen molar-refractivity contribution in [2.75, 3.05) is 0 Å². The lowest BCUT2D eigenvalue weighted by molar-refractivity contribution is 0.0473. The molecule has 122 valence electrons. The van der Waals surface area contributed by atoms with E-state index in [9.17, 15) is 9.59 Å². The van der Waals surface area contributed by atoms with Crippen LogP contribution in [0.5, 0.6) is 0 Å². The van der Waals surface area contributed by atoms with Gasteiger partial charge in [-0.25, -0.2) is 9.78 Å². The first-order valence-corrected chi connectivity index (χ1v) is 7.78. The zero-order chi connectivity index (χ0) is 17.1. The number of carbonyl (C=O) groups is 1. The molecule has 5 heteroatoms. The van der Waals surface area contributed by atoms with Crippen LogP contribution in [-0.4, -0.2) is 15.5 Å². The van der Waals surface area contributed by atoms with Gasteiger partial charge in [0.05, 0.1) is 22.8 Å². The van der Waals surface area contributed by atoms with Gasteiger partial charge in [0.1, 0.15) is 6.61 Å². The fourth-order valence-corrected chi connectivity index (χ4v) is 2.44. The molecular formula is C19H18N2O3. The quantitative estimate of drug-likeness (QED) is 0.691. The predicted octanol–water partition coefficient (Wildman–Crippen LogP) is 3.33. The van der Waals surface area contributed by atoms with Crippen molar-refractivity contribution >= 4 is 16.9 Å². The fraction of sp³-hybridized carbons (Fsp3) is 0.211. The minimum absolute atomic E-state index is 0.0323. The number of hydrogen-bond donors (Lipinski definition) is 0. The Hall–Kier alpha value is -2.95. The molecule has 0 saturated carbocycles. The zero-order valence-corrected chi connectivity index (χ0v) is 13.6. The number of hydrogen-bond acceptors (Lipinski definition) is 4. The summed E-state index contributed by atoms with van der Waals surface area (Å²) in [5, 5.41) is 0.491. The fourth-order valence-electron chi connectivity index (χ4n) is 2.44. The molecule has 0 bridgehead atoms. The Morgan fingerprint density at radius 1 is 1.17 bits per heavy atom. The van der Waals surface area contributed by atoms with Crippen LogP contribution in [0.4, 0.5) is 0 Å². The largest absolute Gasteiger partial charge is 0.457 e. The van der Waals surface area contributed by atoms with Crippen LogP contribution in [0.25, 0.3) is 10.9 Å². The zero-order valence-electron chi connectivity index (χ0n) is 13.6. The van der Waals surface area contributed by atoms with Crippen molar-refractivity contribution in [3.05, 3.63) is 76.3 Å². The minimum Gasteiger partial charge on any atom is -0.457 e. The van der Waals surface area contributed by atoms with Gasteiger partial charge in [0, 0.05) is 6.04 Å². The first kappa shape index (κ1) is 15.9. The van der Waals surface area contributed by atoms with Crippen molar-refractivity contribution in [2.45, 2.75) is 26.5 Å². The van der Waals surface area contributed by atoms with Crippen molar-refractivity contribution in [2.24, 2.45) is 0 Å². The molecule has 0 aliphatic rings. The standard InChI is InChI=1S/C19H18N2O3/c1-13(2)21-12-20-17-10-15(8-9-16(17)18(21)22)19(23)24-11-14-6-4-3-5-7-14/h3-10,12-13H,11H2,1-2H3. The minimum atomic E-state index is -0.435. The third kappa shape index (κ3) is 3.20. The van der Waals surface area contributed by atoms with Gasteiger partial charge in [0.15, 0.2) is 0 Å². The molecule has 0 spiro atoms. The first-order chi connectivity index (χ1) is 11.6. The summed E-state index contributed by atoms with van der Waals surface area (Å²) in [6.45, 7) is 4.05. The second-order valence-electron chi connectivity index (χ2n) is 5.84. The molecule has 0 N–H and O–H groups in total. The number of carbonyl (C=O) groups excluding carboxylic acids is 1. The van der Waals surface area contributed by atoms with E-state index in [1.807, 2.05) is 44.2 Å². The van der Waals surface area contributed by atoms with Crippen molar-refractivity contribution in [3.63, 3.8) is 0 Å². The van der Waals surface area contributed by atoms with Crippen LogP contribution in [0.3, 0.4) is 0 Å². The number of rotatable bonds is 4. The number of esters is 1. The maximum atomic E-state index is 12.4. The van der Waals surface area contributed by atoms with E-state index in [0.717, 1.165) is 5.56 Å². The lowest BCUT2D eigenvalue weighted by atomic mass is 10.1. The second-order valence-corrected chi connectivity index (χ2v) is 5.84. The van der Waals surface area contributed by atoms with E-state index < -0.39 is 5.97 Å². The topological polar surface area (TPSA) is 61.2 Å². The summed E-state index contributed by atoms with van der Waals surface area (Å²) >= 11 is 0. The predicted molar refractivity (Wildman–Crippen MR) is 91.9 cm³/mol. The summed E-state index contributed by atoms with van der Waals surface area (Å²) in [6.07, 6.45) is 1.51. The smallest absolute Gasteiger partial charge is 0.338 e. The maximum absolute atomic E-state index is 12.4. The lowest BCUT2D eigenvalue weighted by Crippen LogP contribution is -2.22. The molecule has 24 heavy (non-hydrogen) atoms. The number of aromatic nitrogens is 2. The molecule has 3 aromatic rings. The highest BCUT2D eigenvalue weighted by Crippen LogP contribution is 2.13. The van der Waals surface area contributed by atoms with E-state index >= 15 is 0 Å². The highest BCUT2D eigenvalue weighted by Gasteiger charge is 2.12. The molecular weight excluding hydrogens is 304 g/mol. The van der Waals surface area contributed by atoms with Gasteiger partial charge in [-0.15, -0.1) is 0 Å². The highest BCUT2D eigenvalue weighted by atomic mass is 16.5. The van der Waals surface area contributed by atoms with Crippen LogP contribution in [0, 0.1) is 0 Å². The second kappa shape index (κ2) is 6.66. The Kier molecular flexibility index (Phi) is 4.42. The Labute approximate surface area is 139 Å². The van der Waals surface area contributed by atoms with Gasteiger partial charge in [-0.2, -0.15) is 0 Å². The number of fused-ring (bicyclic) bond motifs is 1. The van der Waals surface area contributed by atoms with E-state index in [0.29, 0.717) is 16.5 Å². The number of benzene rings is 2. The van der Waals surface area contributed by atoms with Crippen LogP contribution >= 0.6 is 0 Å². The van der Waals surface area contributed by atoms with Gasteiger partial charge in [0.2, 0.25) is 0 Å². The molecule has 0 saturated heterocycles. The number of ether oxygens (including phenoxy) is 1. The Morgan fingerprint density at radius 2 is 1.92 bits per heavy atom. The summed E-state index contributed by atoms with van der Waals surface area (Å²) in [7, 11) is 0. The molecule has 1 heterocycles. The average molecular weight is 322 g/mol. The third-order valence-corrected chi connectivity index (χ3v) is 3.79. The number of nitrogens with zero attached hydrogens (tertiary/aromatic N) is 2. The molecule has 0 atom stereocenters. The van der Waals surface area contributed by atoms with Crippen molar-refractivity contribution in [1.29, 1.82) is 0 Å². The molecule has 0 aliphatic carbocycles. The Balaban J connectivity index is 1.84. The van der Waals surface area contributed by atoms with Crippen molar-refractivity contribution < 1.29 is 9.53 Å². The summed E-state index contributed by atoms with van der Waals surface area (Å²) in [5.41, 5.74) is 1.68. The Morgan fingerprint density at radius 3 is 2.62 bits per heavy atom. The van der Waals surface area contributed by atoms with Crippen LogP contribution in [0.15, 0.2) is 59.7 Å². The van der Waals surface area contributed by atoms with E-state index in [1.54, 1.807) is 22.8 Å². The summed E-state index contributed by atoms with van der Waals surface area (Å²) in [4.78, 5) is 28.8. The average Bonchev–Trinajstić information content (AvgIpc) is 2.60. The van der Waals surface area contributed by atoms with E-state index in [2.05, 4.69) is 4.98 Å². The van der Waals surface area contributed by atoms with Gasteiger partial charge >= 0.3 is 5.97 Å². The van der Waals surface area contributed by atoms with E-state index in [4.69, 9.17) is 4.74 Å². The van der Waals surface area contributed by atoms with Gasteiger partial charge in [-0.1, -0.05) is 30.3 Å². The molecule has 0 amide bonds. The van der Waals surface area contributed by atoms with Gasteiger partial charge in [-0.05, 0) is 37.6 Å². The van der Waals surface area contributed by atoms with Crippen LogP contribution in [-0.2, 0) is 11.3 Å². The van der Waals surface area contributed by atoms with Crippen LogP contribution < -0.4 is 5.56 Å². The highest BCUT2D eigenvalue weighted by molar-refractivity contribution is 5.94. The summed E-state index contributed by atoms with van der Waals surface area (Å²) < 4.78 is 6.87. The van der Waals surface area contributed by atoms with E-state index in [-0.39, 0.29) is 18.2 Å². The van der Waals surface area contributed by atoms with Gasteiger partial charge < -0.3 is 4.74 Å². The van der Waals surface area contributed by atoms with Crippen molar-refractivity contribution in [3.8, 4) is 0 Å². The molecule has 0 aliphatic heterocycles. The summed E-state index contributed by atoms with van der Waals surface area (Å²) in [6, 6.07) is 14.3. The lowest BCUT2D eigenvalue weighted by Gasteiger charge is -2.10. The van der Waals surface area contributed by atoms with Crippen LogP contribution in [0.2, 0.25) is 0 Å². The molecule has 5 nitrogen and oxygen atoms in total. The molecule has 2 aromatic carbocycles. The SMILES string of the molecule is CC(C)n1cnc2cc(C(=O)OCc3ccccc3)ccc2c1=O. The van der Waals surface area contributed by atoms with Crippen LogP contribution in [0.1, 0.15) is 35.8 Å². The third-order valence-electron chi connectivity index (χ3n) is 3.79. The van der Waals surface area contributed by atoms with Gasteiger partial charge in [0.25, 0.3) is 5.56 Å². The van der Waals surface area contributed by atoms with Gasteiger partial charge in [-0.3, -0.25) is 9.36 Å². The first-order valence-electron chi connectivity index (χ1n) is 7.78. The summed E-state index contributed by atoms with van der Waals surface area (Å²) in [5.74, 6) is -0.435.